The third kappa shape index (κ3) is 2.05. The van der Waals surface area contributed by atoms with E-state index in [1.54, 1.807) is 12.4 Å². The number of imidazole rings is 1. The number of hydrogen-bond donors (Lipinski definition) is 2. The average Bonchev–Trinajstić information content (AvgIpc) is 2.75. The molecule has 0 radical (unpaired) electrons. The Labute approximate surface area is 94.1 Å². The summed E-state index contributed by atoms with van der Waals surface area (Å²) in [5, 5.41) is 2.93. The molecule has 0 aliphatic heterocycles. The zero-order valence-corrected chi connectivity index (χ0v) is 9.45. The topological polar surface area (TPSA) is 57.8 Å². The lowest BCUT2D eigenvalue weighted by molar-refractivity contribution is 0.0939. The number of carbonyl (C=O) groups is 1. The van der Waals surface area contributed by atoms with Gasteiger partial charge in [-0.1, -0.05) is 6.92 Å². The minimum absolute atomic E-state index is 0.0362. The number of nitrogens with zero attached hydrogens (tertiary/aromatic N) is 1. The average molecular weight is 217 g/mol. The van der Waals surface area contributed by atoms with Crippen molar-refractivity contribution in [2.24, 2.45) is 0 Å². The standard InChI is InChI=1S/C12H15N3O/c1-3-8(2)15-12(16)9-4-5-10-11(6-9)14-7-13-10/h4-8H,3H2,1-2H3,(H,13,14)(H,15,16). The summed E-state index contributed by atoms with van der Waals surface area (Å²) >= 11 is 0. The van der Waals surface area contributed by atoms with Crippen LogP contribution in [-0.2, 0) is 0 Å². The summed E-state index contributed by atoms with van der Waals surface area (Å²) in [4.78, 5) is 18.9. The first-order valence-corrected chi connectivity index (χ1v) is 5.44. The number of amides is 1. The van der Waals surface area contributed by atoms with Gasteiger partial charge in [-0.25, -0.2) is 4.98 Å². The normalized spacial score (nSPS) is 12.6. The molecule has 1 aromatic heterocycles. The molecular weight excluding hydrogens is 202 g/mol. The van der Waals surface area contributed by atoms with Gasteiger partial charge in [0.2, 0.25) is 0 Å². The molecule has 16 heavy (non-hydrogen) atoms. The SMILES string of the molecule is CCC(C)NC(=O)c1ccc2nc[nH]c2c1. The largest absolute Gasteiger partial charge is 0.350 e. The Balaban J connectivity index is 2.22. The maximum absolute atomic E-state index is 11.8. The van der Waals surface area contributed by atoms with Gasteiger partial charge >= 0.3 is 0 Å². The van der Waals surface area contributed by atoms with Crippen LogP contribution in [0.25, 0.3) is 11.0 Å². The van der Waals surface area contributed by atoms with Crippen LogP contribution in [0.15, 0.2) is 24.5 Å². The number of nitrogens with one attached hydrogen (secondary N) is 2. The van der Waals surface area contributed by atoms with Crippen LogP contribution in [-0.4, -0.2) is 21.9 Å². The third-order valence-corrected chi connectivity index (χ3v) is 2.67. The molecule has 1 heterocycles. The van der Waals surface area contributed by atoms with E-state index in [0.717, 1.165) is 17.5 Å². The molecule has 0 spiro atoms. The van der Waals surface area contributed by atoms with E-state index >= 15 is 0 Å². The number of hydrogen-bond acceptors (Lipinski definition) is 2. The van der Waals surface area contributed by atoms with Gasteiger partial charge in [0.25, 0.3) is 5.91 Å². The van der Waals surface area contributed by atoms with E-state index in [1.165, 1.54) is 0 Å². The highest BCUT2D eigenvalue weighted by molar-refractivity contribution is 5.97. The van der Waals surface area contributed by atoms with Crippen LogP contribution in [0.4, 0.5) is 0 Å². The van der Waals surface area contributed by atoms with E-state index in [9.17, 15) is 4.79 Å². The summed E-state index contributed by atoms with van der Waals surface area (Å²) in [6.07, 6.45) is 2.55. The van der Waals surface area contributed by atoms with Crippen molar-refractivity contribution in [1.82, 2.24) is 15.3 Å². The lowest BCUT2D eigenvalue weighted by Crippen LogP contribution is -2.31. The highest BCUT2D eigenvalue weighted by atomic mass is 16.1. The number of benzene rings is 1. The molecule has 2 rings (SSSR count). The predicted octanol–water partition coefficient (Wildman–Crippen LogP) is 2.09. The molecular formula is C12H15N3O. The summed E-state index contributed by atoms with van der Waals surface area (Å²) in [5.74, 6) is -0.0362. The van der Waals surface area contributed by atoms with E-state index in [0.29, 0.717) is 5.56 Å². The fourth-order valence-corrected chi connectivity index (χ4v) is 1.49. The minimum Gasteiger partial charge on any atom is -0.350 e. The van der Waals surface area contributed by atoms with Crippen molar-refractivity contribution in [1.29, 1.82) is 0 Å². The molecule has 0 aliphatic rings. The van der Waals surface area contributed by atoms with Gasteiger partial charge in [-0.3, -0.25) is 4.79 Å². The van der Waals surface area contributed by atoms with Crippen LogP contribution in [0.5, 0.6) is 0 Å². The Morgan fingerprint density at radius 1 is 1.56 bits per heavy atom. The molecule has 0 bridgehead atoms. The van der Waals surface area contributed by atoms with Gasteiger partial charge in [0, 0.05) is 11.6 Å². The van der Waals surface area contributed by atoms with Crippen molar-refractivity contribution in [2.75, 3.05) is 0 Å². The molecule has 84 valence electrons. The molecule has 2 N–H and O–H groups in total. The van der Waals surface area contributed by atoms with Crippen molar-refractivity contribution >= 4 is 16.9 Å². The van der Waals surface area contributed by atoms with Gasteiger partial charge in [0.1, 0.15) is 0 Å². The predicted molar refractivity (Wildman–Crippen MR) is 63.3 cm³/mol. The van der Waals surface area contributed by atoms with E-state index in [4.69, 9.17) is 0 Å². The third-order valence-electron chi connectivity index (χ3n) is 2.67. The zero-order valence-electron chi connectivity index (χ0n) is 9.45. The number of rotatable bonds is 3. The zero-order chi connectivity index (χ0) is 11.5. The van der Waals surface area contributed by atoms with Gasteiger partial charge in [-0.05, 0) is 31.5 Å². The smallest absolute Gasteiger partial charge is 0.251 e. The Morgan fingerprint density at radius 2 is 2.38 bits per heavy atom. The van der Waals surface area contributed by atoms with Crippen molar-refractivity contribution < 1.29 is 4.79 Å². The quantitative estimate of drug-likeness (QED) is 0.827. The number of aromatic amines is 1. The number of aromatic nitrogens is 2. The van der Waals surface area contributed by atoms with Crippen LogP contribution < -0.4 is 5.32 Å². The van der Waals surface area contributed by atoms with Crippen LogP contribution in [0, 0.1) is 0 Å². The second-order valence-electron chi connectivity index (χ2n) is 3.92. The summed E-state index contributed by atoms with van der Waals surface area (Å²) in [6.45, 7) is 4.04. The maximum Gasteiger partial charge on any atom is 0.251 e. The molecule has 2 aromatic rings. The molecule has 0 saturated carbocycles. The van der Waals surface area contributed by atoms with Crippen molar-refractivity contribution in [2.45, 2.75) is 26.3 Å². The fraction of sp³-hybridized carbons (Fsp3) is 0.333. The molecule has 0 fully saturated rings. The molecule has 1 atom stereocenters. The fourth-order valence-electron chi connectivity index (χ4n) is 1.49. The molecule has 1 amide bonds. The van der Waals surface area contributed by atoms with Crippen molar-refractivity contribution in [3.05, 3.63) is 30.1 Å². The van der Waals surface area contributed by atoms with Crippen LogP contribution in [0.1, 0.15) is 30.6 Å². The van der Waals surface area contributed by atoms with E-state index in [1.807, 2.05) is 26.0 Å². The molecule has 1 aromatic carbocycles. The molecule has 4 nitrogen and oxygen atoms in total. The molecule has 0 aliphatic carbocycles. The first-order chi connectivity index (χ1) is 7.70. The first kappa shape index (κ1) is 10.7. The Hall–Kier alpha value is -1.84. The number of fused-ring (bicyclic) bond motifs is 1. The van der Waals surface area contributed by atoms with Crippen molar-refractivity contribution in [3.8, 4) is 0 Å². The Morgan fingerprint density at radius 3 is 3.12 bits per heavy atom. The van der Waals surface area contributed by atoms with Crippen LogP contribution in [0.2, 0.25) is 0 Å². The first-order valence-electron chi connectivity index (χ1n) is 5.44. The monoisotopic (exact) mass is 217 g/mol. The second kappa shape index (κ2) is 4.35. The van der Waals surface area contributed by atoms with Crippen LogP contribution in [0.3, 0.4) is 0 Å². The van der Waals surface area contributed by atoms with Gasteiger partial charge < -0.3 is 10.3 Å². The second-order valence-corrected chi connectivity index (χ2v) is 3.92. The molecule has 0 saturated heterocycles. The Kier molecular flexibility index (Phi) is 2.90. The molecule has 4 heteroatoms. The molecule has 1 unspecified atom stereocenters. The lowest BCUT2D eigenvalue weighted by atomic mass is 10.1. The van der Waals surface area contributed by atoms with Crippen molar-refractivity contribution in [3.63, 3.8) is 0 Å². The Bertz CT molecular complexity index is 504. The summed E-state index contributed by atoms with van der Waals surface area (Å²) < 4.78 is 0. The van der Waals surface area contributed by atoms with Gasteiger partial charge in [0.15, 0.2) is 0 Å². The minimum atomic E-state index is -0.0362. The highest BCUT2D eigenvalue weighted by Gasteiger charge is 2.09. The number of carbonyl (C=O) groups excluding carboxylic acids is 1. The summed E-state index contributed by atoms with van der Waals surface area (Å²) in [7, 11) is 0. The summed E-state index contributed by atoms with van der Waals surface area (Å²) in [5.41, 5.74) is 2.42. The van der Waals surface area contributed by atoms with E-state index < -0.39 is 0 Å². The number of H-pyrrole nitrogens is 1. The van der Waals surface area contributed by atoms with Gasteiger partial charge in [0.05, 0.1) is 17.4 Å². The lowest BCUT2D eigenvalue weighted by Gasteiger charge is -2.11. The van der Waals surface area contributed by atoms with Gasteiger partial charge in [-0.15, -0.1) is 0 Å². The van der Waals surface area contributed by atoms with Gasteiger partial charge in [-0.2, -0.15) is 0 Å². The van der Waals surface area contributed by atoms with E-state index in [2.05, 4.69) is 15.3 Å². The summed E-state index contributed by atoms with van der Waals surface area (Å²) in [6, 6.07) is 5.66. The highest BCUT2D eigenvalue weighted by Crippen LogP contribution is 2.11. The maximum atomic E-state index is 11.8. The van der Waals surface area contributed by atoms with Crippen LogP contribution >= 0.6 is 0 Å². The van der Waals surface area contributed by atoms with E-state index in [-0.39, 0.29) is 11.9 Å².